The molecule has 1 unspecified atom stereocenters. The highest BCUT2D eigenvalue weighted by atomic mass is 35.5. The van der Waals surface area contributed by atoms with Crippen LogP contribution in [0.2, 0.25) is 5.02 Å². The smallest absolute Gasteiger partial charge is 0.298 e. The van der Waals surface area contributed by atoms with Crippen molar-refractivity contribution in [2.75, 3.05) is 18.0 Å². The van der Waals surface area contributed by atoms with E-state index < -0.39 is 0 Å². The molecule has 6 heteroatoms. The zero-order chi connectivity index (χ0) is 16.6. The zero-order valence-electron chi connectivity index (χ0n) is 13.7. The molecule has 23 heavy (non-hydrogen) atoms. The highest BCUT2D eigenvalue weighted by Crippen LogP contribution is 2.26. The molecule has 1 atom stereocenters. The van der Waals surface area contributed by atoms with Gasteiger partial charge in [-0.25, -0.2) is 0 Å². The minimum absolute atomic E-state index is 0.0775. The lowest BCUT2D eigenvalue weighted by Gasteiger charge is -2.33. The molecular formula is C17H22ClN3O2. The molecule has 2 heterocycles. The molecule has 1 aromatic carbocycles. The molecule has 3 rings (SSSR count). The zero-order valence-corrected chi connectivity index (χ0v) is 14.5. The predicted octanol–water partition coefficient (Wildman–Crippen LogP) is 3.61. The molecule has 0 radical (unpaired) electrons. The van der Waals surface area contributed by atoms with Crippen molar-refractivity contribution in [3.8, 4) is 0 Å². The number of nitrogens with one attached hydrogen (secondary N) is 1. The van der Waals surface area contributed by atoms with E-state index in [0.717, 1.165) is 30.5 Å². The average Bonchev–Trinajstić information content (AvgIpc) is 2.89. The Morgan fingerprint density at radius 3 is 2.96 bits per heavy atom. The van der Waals surface area contributed by atoms with Gasteiger partial charge in [-0.15, -0.1) is 0 Å². The van der Waals surface area contributed by atoms with E-state index in [1.54, 1.807) is 12.1 Å². The fourth-order valence-electron chi connectivity index (χ4n) is 2.69. The van der Waals surface area contributed by atoms with Crippen molar-refractivity contribution >= 4 is 34.6 Å². The number of oxazole rings is 1. The van der Waals surface area contributed by atoms with Gasteiger partial charge in [0, 0.05) is 29.6 Å². The van der Waals surface area contributed by atoms with Crippen LogP contribution in [-0.2, 0) is 4.79 Å². The molecule has 1 fully saturated rings. The van der Waals surface area contributed by atoms with Gasteiger partial charge in [-0.2, -0.15) is 4.98 Å². The SMILES string of the molecule is CC(C)(C)C(=O)NC1CCCN(c2nc3cc(Cl)ccc3o2)C1. The van der Waals surface area contributed by atoms with Crippen LogP contribution in [0.15, 0.2) is 22.6 Å². The quantitative estimate of drug-likeness (QED) is 0.910. The maximum absolute atomic E-state index is 12.2. The van der Waals surface area contributed by atoms with Gasteiger partial charge in [-0.3, -0.25) is 4.79 Å². The summed E-state index contributed by atoms with van der Waals surface area (Å²) >= 11 is 5.99. The summed E-state index contributed by atoms with van der Waals surface area (Å²) in [5.74, 6) is 0.0775. The van der Waals surface area contributed by atoms with Crippen LogP contribution in [0.4, 0.5) is 6.01 Å². The molecule has 0 saturated carbocycles. The second-order valence-corrected chi connectivity index (χ2v) is 7.55. The molecule has 1 N–H and O–H groups in total. The predicted molar refractivity (Wildman–Crippen MR) is 91.9 cm³/mol. The van der Waals surface area contributed by atoms with E-state index in [9.17, 15) is 4.79 Å². The maximum atomic E-state index is 12.2. The topological polar surface area (TPSA) is 58.4 Å². The van der Waals surface area contributed by atoms with Crippen molar-refractivity contribution in [2.24, 2.45) is 5.41 Å². The fourth-order valence-corrected chi connectivity index (χ4v) is 2.86. The minimum atomic E-state index is -0.378. The lowest BCUT2D eigenvalue weighted by atomic mass is 9.94. The molecule has 1 aliphatic rings. The molecule has 0 spiro atoms. The van der Waals surface area contributed by atoms with E-state index in [-0.39, 0.29) is 17.4 Å². The monoisotopic (exact) mass is 335 g/mol. The molecule has 1 aliphatic heterocycles. The first-order valence-electron chi connectivity index (χ1n) is 7.95. The minimum Gasteiger partial charge on any atom is -0.423 e. The van der Waals surface area contributed by atoms with E-state index in [4.69, 9.17) is 16.0 Å². The first-order chi connectivity index (χ1) is 10.8. The number of halogens is 1. The van der Waals surface area contributed by atoms with Gasteiger partial charge in [0.25, 0.3) is 6.01 Å². The number of amides is 1. The van der Waals surface area contributed by atoms with E-state index >= 15 is 0 Å². The first-order valence-corrected chi connectivity index (χ1v) is 8.33. The Morgan fingerprint density at radius 2 is 2.22 bits per heavy atom. The molecule has 124 valence electrons. The third kappa shape index (κ3) is 3.61. The Labute approximate surface area is 141 Å². The van der Waals surface area contributed by atoms with E-state index in [1.807, 2.05) is 26.8 Å². The molecule has 2 aromatic rings. The second kappa shape index (κ2) is 6.04. The van der Waals surface area contributed by atoms with Crippen LogP contribution in [0.5, 0.6) is 0 Å². The van der Waals surface area contributed by atoms with Crippen LogP contribution < -0.4 is 10.2 Å². The van der Waals surface area contributed by atoms with Gasteiger partial charge in [0.2, 0.25) is 5.91 Å². The van der Waals surface area contributed by atoms with Crippen molar-refractivity contribution in [3.05, 3.63) is 23.2 Å². The standard InChI is InChI=1S/C17H22ClN3O2/c1-17(2,3)15(22)19-12-5-4-8-21(10-12)16-20-13-9-11(18)6-7-14(13)23-16/h6-7,9,12H,4-5,8,10H2,1-3H3,(H,19,22). The Kier molecular flexibility index (Phi) is 4.23. The highest BCUT2D eigenvalue weighted by Gasteiger charge is 2.28. The van der Waals surface area contributed by atoms with Crippen LogP contribution in [0.3, 0.4) is 0 Å². The van der Waals surface area contributed by atoms with Crippen LogP contribution in [-0.4, -0.2) is 30.0 Å². The molecule has 1 saturated heterocycles. The summed E-state index contributed by atoms with van der Waals surface area (Å²) in [4.78, 5) is 18.8. The van der Waals surface area contributed by atoms with Gasteiger partial charge >= 0.3 is 0 Å². The van der Waals surface area contributed by atoms with Gasteiger partial charge in [0.15, 0.2) is 5.58 Å². The van der Waals surface area contributed by atoms with Gasteiger partial charge in [0.05, 0.1) is 0 Å². The number of anilines is 1. The summed E-state index contributed by atoms with van der Waals surface area (Å²) in [5, 5.41) is 3.77. The van der Waals surface area contributed by atoms with Gasteiger partial charge in [-0.05, 0) is 31.0 Å². The summed E-state index contributed by atoms with van der Waals surface area (Å²) in [5.41, 5.74) is 1.11. The maximum Gasteiger partial charge on any atom is 0.298 e. The van der Waals surface area contributed by atoms with Crippen molar-refractivity contribution in [3.63, 3.8) is 0 Å². The molecule has 1 aromatic heterocycles. The largest absolute Gasteiger partial charge is 0.423 e. The normalized spacial score (nSPS) is 19.1. The van der Waals surface area contributed by atoms with Gasteiger partial charge < -0.3 is 14.6 Å². The molecule has 1 amide bonds. The van der Waals surface area contributed by atoms with E-state index in [2.05, 4.69) is 15.2 Å². The van der Waals surface area contributed by atoms with Crippen LogP contribution >= 0.6 is 11.6 Å². The summed E-state index contributed by atoms with van der Waals surface area (Å²) < 4.78 is 5.83. The number of carbonyl (C=O) groups excluding carboxylic acids is 1. The number of fused-ring (bicyclic) bond motifs is 1. The first kappa shape index (κ1) is 16.1. The average molecular weight is 336 g/mol. The number of hydrogen-bond donors (Lipinski definition) is 1. The lowest BCUT2D eigenvalue weighted by Crippen LogP contribution is -2.50. The molecule has 0 bridgehead atoms. The van der Waals surface area contributed by atoms with Crippen LogP contribution in [0.25, 0.3) is 11.1 Å². The van der Waals surface area contributed by atoms with Crippen LogP contribution in [0, 0.1) is 5.41 Å². The number of rotatable bonds is 2. The lowest BCUT2D eigenvalue weighted by molar-refractivity contribution is -0.129. The number of nitrogens with zero attached hydrogens (tertiary/aromatic N) is 2. The van der Waals surface area contributed by atoms with E-state index in [0.29, 0.717) is 17.6 Å². The van der Waals surface area contributed by atoms with Crippen molar-refractivity contribution < 1.29 is 9.21 Å². The Balaban J connectivity index is 1.73. The Morgan fingerprint density at radius 1 is 1.43 bits per heavy atom. The highest BCUT2D eigenvalue weighted by molar-refractivity contribution is 6.31. The molecular weight excluding hydrogens is 314 g/mol. The number of benzene rings is 1. The van der Waals surface area contributed by atoms with Crippen LogP contribution in [0.1, 0.15) is 33.6 Å². The third-order valence-corrected chi connectivity index (χ3v) is 4.28. The van der Waals surface area contributed by atoms with Crippen molar-refractivity contribution in [2.45, 2.75) is 39.7 Å². The van der Waals surface area contributed by atoms with E-state index in [1.165, 1.54) is 0 Å². The fraction of sp³-hybridized carbons (Fsp3) is 0.529. The Hall–Kier alpha value is -1.75. The third-order valence-electron chi connectivity index (χ3n) is 4.05. The molecule has 0 aliphatic carbocycles. The van der Waals surface area contributed by atoms with Crippen molar-refractivity contribution in [1.82, 2.24) is 10.3 Å². The summed E-state index contributed by atoms with van der Waals surface area (Å²) in [6, 6.07) is 6.14. The number of aromatic nitrogens is 1. The summed E-state index contributed by atoms with van der Waals surface area (Å²) in [6.07, 6.45) is 1.97. The number of hydrogen-bond acceptors (Lipinski definition) is 4. The number of carbonyl (C=O) groups is 1. The summed E-state index contributed by atoms with van der Waals surface area (Å²) in [7, 11) is 0. The second-order valence-electron chi connectivity index (χ2n) is 7.12. The summed E-state index contributed by atoms with van der Waals surface area (Å²) in [6.45, 7) is 7.36. The van der Waals surface area contributed by atoms with Crippen molar-refractivity contribution in [1.29, 1.82) is 0 Å². The Bertz CT molecular complexity index is 720. The van der Waals surface area contributed by atoms with Gasteiger partial charge in [0.1, 0.15) is 5.52 Å². The molecule has 5 nitrogen and oxygen atoms in total. The number of piperidine rings is 1. The van der Waals surface area contributed by atoms with Gasteiger partial charge in [-0.1, -0.05) is 32.4 Å².